The molecule has 0 nitrogen and oxygen atoms in total. The van der Waals surface area contributed by atoms with Gasteiger partial charge in [0.25, 0.3) is 0 Å². The molecule has 0 radical (unpaired) electrons. The first-order chi connectivity index (χ1) is 1.91. The first-order valence-corrected chi connectivity index (χ1v) is 1.77. The van der Waals surface area contributed by atoms with Gasteiger partial charge in [0, 0.05) is 5.75 Å². The second-order valence-corrected chi connectivity index (χ2v) is 0.836. The Bertz CT molecular complexity index is 20.9. The minimum absolute atomic E-state index is 0. The van der Waals surface area contributed by atoms with Crippen molar-refractivity contribution in [3.05, 3.63) is 12.7 Å². The second kappa shape index (κ2) is 9.02. The molecular formula is C3H8CaS. The number of hydrogen-bond acceptors (Lipinski definition) is 1. The van der Waals surface area contributed by atoms with Gasteiger partial charge >= 0.3 is 37.7 Å². The van der Waals surface area contributed by atoms with Crippen molar-refractivity contribution in [1.82, 2.24) is 0 Å². The van der Waals surface area contributed by atoms with Crippen LogP contribution in [0.25, 0.3) is 0 Å². The van der Waals surface area contributed by atoms with Gasteiger partial charge < -0.3 is 0 Å². The van der Waals surface area contributed by atoms with Gasteiger partial charge in [-0.15, -0.1) is 6.58 Å². The molecule has 0 atom stereocenters. The summed E-state index contributed by atoms with van der Waals surface area (Å²) >= 11 is 3.80. The molecule has 0 aromatic carbocycles. The molecule has 2 heteroatoms. The zero-order valence-corrected chi connectivity index (χ0v) is 3.33. The topological polar surface area (TPSA) is 0 Å². The van der Waals surface area contributed by atoms with E-state index >= 15 is 0 Å². The van der Waals surface area contributed by atoms with E-state index in [1.54, 1.807) is 6.08 Å². The van der Waals surface area contributed by atoms with Crippen molar-refractivity contribution in [2.24, 2.45) is 0 Å². The maximum atomic E-state index is 3.80. The van der Waals surface area contributed by atoms with E-state index in [0.717, 1.165) is 5.75 Å². The molecule has 0 aromatic heterocycles. The summed E-state index contributed by atoms with van der Waals surface area (Å²) in [6, 6.07) is 0. The molecule has 0 fully saturated rings. The molecule has 0 rings (SSSR count). The standard InChI is InChI=1S/C3H6S.Ca.2H/c1-2-3-4;;;/h2,4H,1,3H2;;;. The Kier molecular flexibility index (Phi) is 17.3. The molecule has 0 aliphatic rings. The van der Waals surface area contributed by atoms with Crippen LogP contribution < -0.4 is 0 Å². The van der Waals surface area contributed by atoms with Crippen LogP contribution in [0.1, 0.15) is 0 Å². The van der Waals surface area contributed by atoms with Gasteiger partial charge in [0.1, 0.15) is 0 Å². The molecule has 0 aromatic rings. The summed E-state index contributed by atoms with van der Waals surface area (Å²) in [5, 5.41) is 0. The van der Waals surface area contributed by atoms with Crippen molar-refractivity contribution >= 4 is 50.4 Å². The predicted octanol–water partition coefficient (Wildman–Crippen LogP) is 0.186. The average molecular weight is 116 g/mol. The SMILES string of the molecule is C=CCS.[CaH2]. The van der Waals surface area contributed by atoms with Gasteiger partial charge in [-0.25, -0.2) is 0 Å². The average Bonchev–Trinajstić information content (AvgIpc) is 1.37. The molecule has 0 bridgehead atoms. The van der Waals surface area contributed by atoms with Crippen molar-refractivity contribution in [3.8, 4) is 0 Å². The van der Waals surface area contributed by atoms with Crippen LogP contribution >= 0.6 is 12.6 Å². The van der Waals surface area contributed by atoms with Gasteiger partial charge in [0.05, 0.1) is 0 Å². The summed E-state index contributed by atoms with van der Waals surface area (Å²) in [6.45, 7) is 3.40. The normalized spacial score (nSPS) is 5.00. The van der Waals surface area contributed by atoms with E-state index in [-0.39, 0.29) is 37.7 Å². The molecule has 0 aliphatic heterocycles. The zero-order chi connectivity index (χ0) is 3.41. The van der Waals surface area contributed by atoms with Gasteiger partial charge in [-0.05, 0) is 0 Å². The quantitative estimate of drug-likeness (QED) is 0.282. The van der Waals surface area contributed by atoms with Crippen LogP contribution in [-0.2, 0) is 0 Å². The van der Waals surface area contributed by atoms with Crippen LogP contribution in [0.15, 0.2) is 12.7 Å². The van der Waals surface area contributed by atoms with Crippen LogP contribution in [0.4, 0.5) is 0 Å². The van der Waals surface area contributed by atoms with E-state index in [0.29, 0.717) is 0 Å². The minimum atomic E-state index is 0. The van der Waals surface area contributed by atoms with Crippen LogP contribution in [0, 0.1) is 0 Å². The number of hydrogen-bond donors (Lipinski definition) is 1. The summed E-state index contributed by atoms with van der Waals surface area (Å²) in [5.41, 5.74) is 0. The third-order valence-corrected chi connectivity index (χ3v) is 0.387. The van der Waals surface area contributed by atoms with E-state index in [9.17, 15) is 0 Å². The van der Waals surface area contributed by atoms with Gasteiger partial charge in [-0.2, -0.15) is 12.6 Å². The molecule has 0 N–H and O–H groups in total. The van der Waals surface area contributed by atoms with Gasteiger partial charge in [0.2, 0.25) is 0 Å². The monoisotopic (exact) mass is 116 g/mol. The fourth-order valence-electron chi connectivity index (χ4n) is 0. The molecule has 0 heterocycles. The number of rotatable bonds is 1. The summed E-state index contributed by atoms with van der Waals surface area (Å²) in [6.07, 6.45) is 1.74. The Balaban J connectivity index is 0. The van der Waals surface area contributed by atoms with Crippen molar-refractivity contribution < 1.29 is 0 Å². The van der Waals surface area contributed by atoms with Crippen LogP contribution in [0.2, 0.25) is 0 Å². The fraction of sp³-hybridized carbons (Fsp3) is 0.333. The van der Waals surface area contributed by atoms with E-state index in [2.05, 4.69) is 19.2 Å². The summed E-state index contributed by atoms with van der Waals surface area (Å²) < 4.78 is 0. The van der Waals surface area contributed by atoms with Gasteiger partial charge in [-0.1, -0.05) is 6.08 Å². The summed E-state index contributed by atoms with van der Waals surface area (Å²) in [7, 11) is 0. The summed E-state index contributed by atoms with van der Waals surface area (Å²) in [5.74, 6) is 0.778. The van der Waals surface area contributed by atoms with Crippen molar-refractivity contribution in [2.75, 3.05) is 5.75 Å². The van der Waals surface area contributed by atoms with Gasteiger partial charge in [-0.3, -0.25) is 0 Å². The van der Waals surface area contributed by atoms with Crippen LogP contribution in [0.3, 0.4) is 0 Å². The van der Waals surface area contributed by atoms with E-state index in [1.165, 1.54) is 0 Å². The van der Waals surface area contributed by atoms with E-state index in [1.807, 2.05) is 0 Å². The molecule has 0 saturated heterocycles. The van der Waals surface area contributed by atoms with Crippen molar-refractivity contribution in [3.63, 3.8) is 0 Å². The first kappa shape index (κ1) is 9.60. The Hall–Kier alpha value is 1.35. The molecule has 0 aliphatic carbocycles. The first-order valence-electron chi connectivity index (χ1n) is 1.13. The molecule has 0 spiro atoms. The third-order valence-electron chi connectivity index (χ3n) is 0.129. The maximum absolute atomic E-state index is 3.80. The summed E-state index contributed by atoms with van der Waals surface area (Å²) in [4.78, 5) is 0. The van der Waals surface area contributed by atoms with E-state index < -0.39 is 0 Å². The third kappa shape index (κ3) is 10.9. The Morgan fingerprint density at radius 1 is 1.80 bits per heavy atom. The van der Waals surface area contributed by atoms with Crippen molar-refractivity contribution in [1.29, 1.82) is 0 Å². The zero-order valence-electron chi connectivity index (χ0n) is 2.44. The van der Waals surface area contributed by atoms with Crippen LogP contribution in [-0.4, -0.2) is 43.5 Å². The molecule has 28 valence electrons. The Morgan fingerprint density at radius 3 is 2.00 bits per heavy atom. The van der Waals surface area contributed by atoms with Crippen LogP contribution in [0.5, 0.6) is 0 Å². The van der Waals surface area contributed by atoms with Crippen molar-refractivity contribution in [2.45, 2.75) is 0 Å². The second-order valence-electron chi connectivity index (χ2n) is 0.471. The molecular weight excluding hydrogens is 108 g/mol. The number of thiol groups is 1. The molecule has 5 heavy (non-hydrogen) atoms. The predicted molar refractivity (Wildman–Crippen MR) is 32.6 cm³/mol. The van der Waals surface area contributed by atoms with Gasteiger partial charge in [0.15, 0.2) is 0 Å². The molecule has 0 unspecified atom stereocenters. The molecule has 0 amide bonds. The Morgan fingerprint density at radius 2 is 2.00 bits per heavy atom. The Labute approximate surface area is 68.1 Å². The fourth-order valence-corrected chi connectivity index (χ4v) is 0. The molecule has 0 saturated carbocycles. The van der Waals surface area contributed by atoms with E-state index in [4.69, 9.17) is 0 Å².